The third-order valence-electron chi connectivity index (χ3n) is 2.49. The van der Waals surface area contributed by atoms with Crippen molar-refractivity contribution in [3.63, 3.8) is 0 Å². The molecule has 14 heavy (non-hydrogen) atoms. The minimum atomic E-state index is -0.565. The van der Waals surface area contributed by atoms with E-state index >= 15 is 0 Å². The molecule has 2 N–H and O–H groups in total. The number of likely N-dealkylation sites (N-methyl/N-ethyl adjacent to an activating group) is 1. The molecule has 0 saturated heterocycles. The molecule has 3 nitrogen and oxygen atoms in total. The predicted octanol–water partition coefficient (Wildman–Crippen LogP) is 1.35. The molecule has 1 aliphatic rings. The number of fused-ring (bicyclic) bond motifs is 1. The summed E-state index contributed by atoms with van der Waals surface area (Å²) in [5.74, 6) is -0.543. The van der Waals surface area contributed by atoms with Gasteiger partial charge in [-0.15, -0.1) is 0 Å². The first-order valence-electron chi connectivity index (χ1n) is 4.42. The molecule has 1 aromatic rings. The summed E-state index contributed by atoms with van der Waals surface area (Å²) in [7, 11) is 1.64. The zero-order valence-corrected chi connectivity index (χ0v) is 8.02. The van der Waals surface area contributed by atoms with E-state index in [9.17, 15) is 9.18 Å². The van der Waals surface area contributed by atoms with Gasteiger partial charge in [-0.25, -0.2) is 4.39 Å². The second-order valence-electron chi connectivity index (χ2n) is 3.36. The first kappa shape index (κ1) is 9.15. The third-order valence-corrected chi connectivity index (χ3v) is 2.49. The standard InChI is InChI=1S/C10H11FN2O/c1-5-3-4-6(11)7-8(5)13-10(14)9(7)12-2/h3-4,9,12H,1-2H3,(H,13,14). The fourth-order valence-electron chi connectivity index (χ4n) is 1.75. The van der Waals surface area contributed by atoms with E-state index < -0.39 is 6.04 Å². The van der Waals surface area contributed by atoms with Crippen LogP contribution >= 0.6 is 0 Å². The molecule has 0 spiro atoms. The Bertz CT molecular complexity index is 403. The van der Waals surface area contributed by atoms with Crippen LogP contribution in [0.1, 0.15) is 17.2 Å². The molecule has 1 amide bonds. The van der Waals surface area contributed by atoms with E-state index in [1.807, 2.05) is 6.92 Å². The van der Waals surface area contributed by atoms with Crippen LogP contribution in [0.15, 0.2) is 12.1 Å². The summed E-state index contributed by atoms with van der Waals surface area (Å²) in [6.07, 6.45) is 0. The summed E-state index contributed by atoms with van der Waals surface area (Å²) in [5, 5.41) is 5.45. The van der Waals surface area contributed by atoms with Crippen LogP contribution in [0.3, 0.4) is 0 Å². The Hall–Kier alpha value is -1.42. The number of carbonyl (C=O) groups excluding carboxylic acids is 1. The molecule has 1 atom stereocenters. The van der Waals surface area contributed by atoms with Gasteiger partial charge in [0.15, 0.2) is 0 Å². The maximum atomic E-state index is 13.4. The molecule has 74 valence electrons. The minimum Gasteiger partial charge on any atom is -0.324 e. The van der Waals surface area contributed by atoms with Crippen LogP contribution in [-0.2, 0) is 4.79 Å². The Labute approximate surface area is 81.3 Å². The number of nitrogens with one attached hydrogen (secondary N) is 2. The minimum absolute atomic E-state index is 0.198. The normalized spacial score (nSPS) is 19.4. The maximum absolute atomic E-state index is 13.4. The van der Waals surface area contributed by atoms with Gasteiger partial charge in [0.05, 0.1) is 5.69 Å². The number of hydrogen-bond donors (Lipinski definition) is 2. The summed E-state index contributed by atoms with van der Waals surface area (Å²) in [4.78, 5) is 11.4. The fourth-order valence-corrected chi connectivity index (χ4v) is 1.75. The van der Waals surface area contributed by atoms with Gasteiger partial charge in [-0.2, -0.15) is 0 Å². The van der Waals surface area contributed by atoms with Crippen molar-refractivity contribution < 1.29 is 9.18 Å². The molecule has 1 heterocycles. The van der Waals surface area contributed by atoms with Crippen LogP contribution in [0, 0.1) is 12.7 Å². The Kier molecular flexibility index (Phi) is 2.00. The highest BCUT2D eigenvalue weighted by Crippen LogP contribution is 2.35. The Morgan fingerprint density at radius 3 is 2.86 bits per heavy atom. The molecular formula is C10H11FN2O. The topological polar surface area (TPSA) is 41.1 Å². The second kappa shape index (κ2) is 3.06. The molecule has 0 saturated carbocycles. The van der Waals surface area contributed by atoms with Gasteiger partial charge >= 0.3 is 0 Å². The average Bonchev–Trinajstić information content (AvgIpc) is 2.50. The van der Waals surface area contributed by atoms with Crippen molar-refractivity contribution in [1.29, 1.82) is 0 Å². The van der Waals surface area contributed by atoms with Crippen LogP contribution in [0.2, 0.25) is 0 Å². The van der Waals surface area contributed by atoms with Crippen molar-refractivity contribution in [2.45, 2.75) is 13.0 Å². The molecule has 0 radical (unpaired) electrons. The summed E-state index contributed by atoms with van der Waals surface area (Å²) in [5.41, 5.74) is 1.92. The van der Waals surface area contributed by atoms with Crippen LogP contribution in [0.25, 0.3) is 0 Å². The predicted molar refractivity (Wildman–Crippen MR) is 51.6 cm³/mol. The first-order chi connectivity index (χ1) is 6.65. The Balaban J connectivity index is 2.62. The summed E-state index contributed by atoms with van der Waals surface area (Å²) in [6.45, 7) is 1.84. The molecule has 0 fully saturated rings. The highest BCUT2D eigenvalue weighted by Gasteiger charge is 2.32. The largest absolute Gasteiger partial charge is 0.324 e. The van der Waals surface area contributed by atoms with Crippen molar-refractivity contribution in [1.82, 2.24) is 5.32 Å². The van der Waals surface area contributed by atoms with Crippen LogP contribution in [-0.4, -0.2) is 13.0 Å². The number of halogens is 1. The highest BCUT2D eigenvalue weighted by atomic mass is 19.1. The van der Waals surface area contributed by atoms with E-state index in [2.05, 4.69) is 10.6 Å². The SMILES string of the molecule is CNC1C(=O)Nc2c(C)ccc(F)c21. The Morgan fingerprint density at radius 1 is 1.50 bits per heavy atom. The number of carbonyl (C=O) groups is 1. The molecule has 0 aromatic heterocycles. The van der Waals surface area contributed by atoms with Crippen molar-refractivity contribution in [2.24, 2.45) is 0 Å². The molecule has 1 aromatic carbocycles. The van der Waals surface area contributed by atoms with Gasteiger partial charge < -0.3 is 10.6 Å². The lowest BCUT2D eigenvalue weighted by Crippen LogP contribution is -2.24. The molecule has 0 aliphatic carbocycles. The third kappa shape index (κ3) is 1.11. The summed E-state index contributed by atoms with van der Waals surface area (Å²) < 4.78 is 13.4. The number of anilines is 1. The zero-order valence-electron chi connectivity index (χ0n) is 8.02. The number of rotatable bonds is 1. The monoisotopic (exact) mass is 194 g/mol. The van der Waals surface area contributed by atoms with E-state index in [1.165, 1.54) is 6.07 Å². The van der Waals surface area contributed by atoms with Crippen molar-refractivity contribution >= 4 is 11.6 Å². The van der Waals surface area contributed by atoms with Crippen LogP contribution in [0.5, 0.6) is 0 Å². The quantitative estimate of drug-likeness (QED) is 0.708. The van der Waals surface area contributed by atoms with Gasteiger partial charge in [0.1, 0.15) is 11.9 Å². The average molecular weight is 194 g/mol. The van der Waals surface area contributed by atoms with Gasteiger partial charge in [-0.1, -0.05) is 6.07 Å². The lowest BCUT2D eigenvalue weighted by atomic mass is 10.0. The molecule has 1 unspecified atom stereocenters. The van der Waals surface area contributed by atoms with Gasteiger partial charge in [0.2, 0.25) is 5.91 Å². The zero-order chi connectivity index (χ0) is 10.3. The molecule has 2 rings (SSSR count). The fraction of sp³-hybridized carbons (Fsp3) is 0.300. The van der Waals surface area contributed by atoms with E-state index in [-0.39, 0.29) is 11.7 Å². The highest BCUT2D eigenvalue weighted by molar-refractivity contribution is 6.03. The van der Waals surface area contributed by atoms with Gasteiger partial charge in [-0.3, -0.25) is 4.79 Å². The molecule has 1 aliphatic heterocycles. The van der Waals surface area contributed by atoms with Crippen LogP contribution in [0.4, 0.5) is 10.1 Å². The lowest BCUT2D eigenvalue weighted by molar-refractivity contribution is -0.117. The van der Waals surface area contributed by atoms with Gasteiger partial charge in [0.25, 0.3) is 0 Å². The van der Waals surface area contributed by atoms with E-state index in [4.69, 9.17) is 0 Å². The van der Waals surface area contributed by atoms with Crippen molar-refractivity contribution in [2.75, 3.05) is 12.4 Å². The first-order valence-corrected chi connectivity index (χ1v) is 4.42. The van der Waals surface area contributed by atoms with E-state index in [1.54, 1.807) is 13.1 Å². The second-order valence-corrected chi connectivity index (χ2v) is 3.36. The van der Waals surface area contributed by atoms with Gasteiger partial charge in [0, 0.05) is 5.56 Å². The summed E-state index contributed by atoms with van der Waals surface area (Å²) >= 11 is 0. The number of benzene rings is 1. The Morgan fingerprint density at radius 2 is 2.21 bits per heavy atom. The van der Waals surface area contributed by atoms with Gasteiger partial charge in [-0.05, 0) is 25.6 Å². The van der Waals surface area contributed by atoms with E-state index in [0.717, 1.165) is 5.56 Å². The van der Waals surface area contributed by atoms with Crippen LogP contribution < -0.4 is 10.6 Å². The molecule has 0 bridgehead atoms. The molecule has 4 heteroatoms. The number of amides is 1. The van der Waals surface area contributed by atoms with Crippen molar-refractivity contribution in [3.05, 3.63) is 29.1 Å². The molecular weight excluding hydrogens is 183 g/mol. The van der Waals surface area contributed by atoms with E-state index in [0.29, 0.717) is 11.3 Å². The maximum Gasteiger partial charge on any atom is 0.246 e. The smallest absolute Gasteiger partial charge is 0.246 e. The lowest BCUT2D eigenvalue weighted by Gasteiger charge is -2.08. The number of hydrogen-bond acceptors (Lipinski definition) is 2. The van der Waals surface area contributed by atoms with Crippen molar-refractivity contribution in [3.8, 4) is 0 Å². The number of aryl methyl sites for hydroxylation is 1. The summed E-state index contributed by atoms with van der Waals surface area (Å²) in [6, 6.07) is 2.48.